The lowest BCUT2D eigenvalue weighted by Gasteiger charge is -2.27. The third-order valence-electron chi connectivity index (χ3n) is 4.86. The Bertz CT molecular complexity index is 1030. The van der Waals surface area contributed by atoms with E-state index in [4.69, 9.17) is 0 Å². The number of anilines is 1. The van der Waals surface area contributed by atoms with E-state index in [0.29, 0.717) is 16.8 Å². The highest BCUT2D eigenvalue weighted by atomic mass is 16.2. The van der Waals surface area contributed by atoms with Gasteiger partial charge in [0.15, 0.2) is 5.78 Å². The number of carbonyl (C=O) groups excluding carboxylic acids is 4. The maximum absolute atomic E-state index is 12.6. The Balaban J connectivity index is 2.13. The van der Waals surface area contributed by atoms with E-state index in [1.165, 1.54) is 22.0 Å². The number of amides is 3. The fourth-order valence-corrected chi connectivity index (χ4v) is 3.09. The van der Waals surface area contributed by atoms with Crippen LogP contribution in [0, 0.1) is 0 Å². The van der Waals surface area contributed by atoms with E-state index in [1.54, 1.807) is 48.5 Å². The minimum atomic E-state index is -0.344. The van der Waals surface area contributed by atoms with Gasteiger partial charge in [-0.25, -0.2) is 0 Å². The van der Waals surface area contributed by atoms with Gasteiger partial charge in [-0.2, -0.15) is 0 Å². The summed E-state index contributed by atoms with van der Waals surface area (Å²) >= 11 is 0. The Morgan fingerprint density at radius 1 is 0.727 bits per heavy atom. The van der Waals surface area contributed by atoms with Gasteiger partial charge in [-0.3, -0.25) is 19.2 Å². The molecule has 0 bridgehead atoms. The van der Waals surface area contributed by atoms with E-state index < -0.39 is 0 Å². The topological polar surface area (TPSA) is 86.8 Å². The van der Waals surface area contributed by atoms with Gasteiger partial charge in [-0.15, -0.1) is 0 Å². The van der Waals surface area contributed by atoms with Gasteiger partial charge in [0, 0.05) is 43.0 Å². The van der Waals surface area contributed by atoms with Gasteiger partial charge in [0.1, 0.15) is 0 Å². The molecule has 0 spiro atoms. The average molecular weight is 446 g/mol. The normalized spacial score (nSPS) is 9.94. The zero-order valence-electron chi connectivity index (χ0n) is 18.4. The molecular formula is C26H27N3O4. The molecule has 170 valence electrons. The van der Waals surface area contributed by atoms with Crippen molar-refractivity contribution in [3.63, 3.8) is 0 Å². The van der Waals surface area contributed by atoms with E-state index in [2.05, 4.69) is 25.1 Å². The molecule has 7 nitrogen and oxygen atoms in total. The van der Waals surface area contributed by atoms with Gasteiger partial charge < -0.3 is 15.1 Å². The SMILES string of the molecule is C=CC(=O)NCCN(CCN(C(=O)C=C)c1ccc(C(=O)c2ccccc2)cc1)C(=O)C=C. The maximum atomic E-state index is 12.6. The third kappa shape index (κ3) is 7.14. The van der Waals surface area contributed by atoms with Gasteiger partial charge in [0.2, 0.25) is 17.7 Å². The van der Waals surface area contributed by atoms with E-state index in [0.717, 1.165) is 6.08 Å². The second kappa shape index (κ2) is 12.6. The Kier molecular flexibility index (Phi) is 9.52. The molecule has 0 aromatic heterocycles. The zero-order valence-corrected chi connectivity index (χ0v) is 18.4. The summed E-state index contributed by atoms with van der Waals surface area (Å²) in [5.74, 6) is -1.12. The van der Waals surface area contributed by atoms with Crippen molar-refractivity contribution in [1.29, 1.82) is 0 Å². The second-order valence-corrected chi connectivity index (χ2v) is 6.96. The average Bonchev–Trinajstić information content (AvgIpc) is 2.87. The molecule has 1 N–H and O–H groups in total. The van der Waals surface area contributed by atoms with Crippen molar-refractivity contribution < 1.29 is 19.2 Å². The molecular weight excluding hydrogens is 418 g/mol. The molecule has 0 saturated carbocycles. The molecule has 0 aliphatic rings. The Morgan fingerprint density at radius 2 is 1.33 bits per heavy atom. The van der Waals surface area contributed by atoms with Crippen LogP contribution in [0.3, 0.4) is 0 Å². The molecule has 7 heteroatoms. The first-order chi connectivity index (χ1) is 15.9. The molecule has 0 unspecified atom stereocenters. The first-order valence-corrected chi connectivity index (χ1v) is 10.4. The van der Waals surface area contributed by atoms with Crippen LogP contribution in [-0.4, -0.2) is 54.6 Å². The first kappa shape index (κ1) is 25.0. The summed E-state index contributed by atoms with van der Waals surface area (Å²) in [6.45, 7) is 11.3. The quantitative estimate of drug-likeness (QED) is 0.402. The lowest BCUT2D eigenvalue weighted by atomic mass is 10.0. The summed E-state index contributed by atoms with van der Waals surface area (Å²) in [6, 6.07) is 15.6. The molecule has 0 atom stereocenters. The van der Waals surface area contributed by atoms with Crippen LogP contribution < -0.4 is 10.2 Å². The fraction of sp³-hybridized carbons (Fsp3) is 0.154. The van der Waals surface area contributed by atoms with Gasteiger partial charge in [-0.1, -0.05) is 50.1 Å². The summed E-state index contributed by atoms with van der Waals surface area (Å²) in [6.07, 6.45) is 3.52. The summed E-state index contributed by atoms with van der Waals surface area (Å²) < 4.78 is 0. The summed E-state index contributed by atoms with van der Waals surface area (Å²) in [7, 11) is 0. The maximum Gasteiger partial charge on any atom is 0.250 e. The van der Waals surface area contributed by atoms with Crippen LogP contribution in [0.5, 0.6) is 0 Å². The molecule has 2 rings (SSSR count). The number of benzene rings is 2. The lowest BCUT2D eigenvalue weighted by Crippen LogP contribution is -2.43. The van der Waals surface area contributed by atoms with Crippen LogP contribution in [-0.2, 0) is 14.4 Å². The second-order valence-electron chi connectivity index (χ2n) is 6.96. The minimum Gasteiger partial charge on any atom is -0.351 e. The highest BCUT2D eigenvalue weighted by Crippen LogP contribution is 2.18. The Labute approximate surface area is 193 Å². The summed E-state index contributed by atoms with van der Waals surface area (Å²) in [4.78, 5) is 51.6. The van der Waals surface area contributed by atoms with E-state index in [9.17, 15) is 19.2 Å². The van der Waals surface area contributed by atoms with Crippen molar-refractivity contribution >= 4 is 29.2 Å². The molecule has 3 amide bonds. The molecule has 0 fully saturated rings. The predicted molar refractivity (Wildman–Crippen MR) is 129 cm³/mol. The van der Waals surface area contributed by atoms with Crippen LogP contribution in [0.1, 0.15) is 15.9 Å². The minimum absolute atomic E-state index is 0.118. The third-order valence-corrected chi connectivity index (χ3v) is 4.86. The number of nitrogens with one attached hydrogen (secondary N) is 1. The fourth-order valence-electron chi connectivity index (χ4n) is 3.09. The first-order valence-electron chi connectivity index (χ1n) is 10.4. The number of hydrogen-bond donors (Lipinski definition) is 1. The number of rotatable bonds is 12. The van der Waals surface area contributed by atoms with Gasteiger partial charge >= 0.3 is 0 Å². The van der Waals surface area contributed by atoms with Crippen molar-refractivity contribution in [3.05, 3.63) is 104 Å². The molecule has 0 saturated heterocycles. The molecule has 0 aliphatic heterocycles. The molecule has 33 heavy (non-hydrogen) atoms. The van der Waals surface area contributed by atoms with Gasteiger partial charge in [0.05, 0.1) is 0 Å². The number of nitrogens with zero attached hydrogens (tertiary/aromatic N) is 2. The highest BCUT2D eigenvalue weighted by Gasteiger charge is 2.18. The summed E-state index contributed by atoms with van der Waals surface area (Å²) in [5, 5.41) is 2.61. The molecule has 0 radical (unpaired) electrons. The van der Waals surface area contributed by atoms with Crippen LogP contribution in [0.25, 0.3) is 0 Å². The van der Waals surface area contributed by atoms with E-state index in [-0.39, 0.29) is 49.7 Å². The monoisotopic (exact) mass is 445 g/mol. The van der Waals surface area contributed by atoms with Crippen molar-refractivity contribution in [2.75, 3.05) is 31.1 Å². The van der Waals surface area contributed by atoms with Crippen LogP contribution >= 0.6 is 0 Å². The van der Waals surface area contributed by atoms with Crippen molar-refractivity contribution in [2.45, 2.75) is 0 Å². The van der Waals surface area contributed by atoms with Crippen molar-refractivity contribution in [2.24, 2.45) is 0 Å². The van der Waals surface area contributed by atoms with E-state index >= 15 is 0 Å². The van der Waals surface area contributed by atoms with Crippen LogP contribution in [0.4, 0.5) is 5.69 Å². The number of ketones is 1. The molecule has 0 heterocycles. The van der Waals surface area contributed by atoms with Gasteiger partial charge in [-0.05, 0) is 42.5 Å². The molecule has 0 aliphatic carbocycles. The van der Waals surface area contributed by atoms with Gasteiger partial charge in [0.25, 0.3) is 0 Å². The Morgan fingerprint density at radius 3 is 1.91 bits per heavy atom. The number of carbonyl (C=O) groups is 4. The molecule has 2 aromatic rings. The predicted octanol–water partition coefficient (Wildman–Crippen LogP) is 2.75. The smallest absolute Gasteiger partial charge is 0.250 e. The van der Waals surface area contributed by atoms with Crippen LogP contribution in [0.2, 0.25) is 0 Å². The van der Waals surface area contributed by atoms with Crippen molar-refractivity contribution in [3.8, 4) is 0 Å². The Hall–Kier alpha value is -4.26. The largest absolute Gasteiger partial charge is 0.351 e. The van der Waals surface area contributed by atoms with E-state index in [1.807, 2.05) is 6.07 Å². The standard InChI is InChI=1S/C26H27N3O4/c1-4-23(30)27-16-17-28(24(31)5-2)18-19-29(25(32)6-3)22-14-12-21(13-15-22)26(33)20-10-8-7-9-11-20/h4-15H,1-3,16-19H2,(H,27,30). The molecule has 2 aromatic carbocycles. The highest BCUT2D eigenvalue weighted by molar-refractivity contribution is 6.09. The number of hydrogen-bond acceptors (Lipinski definition) is 4. The zero-order chi connectivity index (χ0) is 24.2. The lowest BCUT2D eigenvalue weighted by molar-refractivity contribution is -0.126. The van der Waals surface area contributed by atoms with Crippen LogP contribution in [0.15, 0.2) is 92.6 Å². The van der Waals surface area contributed by atoms with Crippen molar-refractivity contribution in [1.82, 2.24) is 10.2 Å². The summed E-state index contributed by atoms with van der Waals surface area (Å²) in [5.41, 5.74) is 1.64.